The maximum atomic E-state index is 13.8. The molecule has 0 saturated heterocycles. The summed E-state index contributed by atoms with van der Waals surface area (Å²) in [5.74, 6) is -0.415. The highest BCUT2D eigenvalue weighted by Gasteiger charge is 2.45. The highest BCUT2D eigenvalue weighted by molar-refractivity contribution is 7.17. The van der Waals surface area contributed by atoms with Crippen LogP contribution in [0.25, 0.3) is 11.0 Å². The zero-order chi connectivity index (χ0) is 26.1. The van der Waals surface area contributed by atoms with Crippen molar-refractivity contribution in [2.45, 2.75) is 26.3 Å². The number of hydrogen-bond acceptors (Lipinski definition) is 8. The average Bonchev–Trinajstić information content (AvgIpc) is 3.43. The molecular formula is C28H24N2O6S. The predicted molar refractivity (Wildman–Crippen MR) is 141 cm³/mol. The number of thiazole rings is 1. The third-order valence-electron chi connectivity index (χ3n) is 5.96. The van der Waals surface area contributed by atoms with E-state index in [0.29, 0.717) is 34.6 Å². The predicted octanol–water partition coefficient (Wildman–Crippen LogP) is 5.44. The summed E-state index contributed by atoms with van der Waals surface area (Å²) < 4.78 is 16.9. The van der Waals surface area contributed by atoms with Gasteiger partial charge in [-0.3, -0.25) is 14.5 Å². The molecule has 0 unspecified atom stereocenters. The topological polar surface area (TPSA) is 98.9 Å². The van der Waals surface area contributed by atoms with E-state index in [1.807, 2.05) is 19.1 Å². The van der Waals surface area contributed by atoms with Crippen LogP contribution in [0.15, 0.2) is 70.4 Å². The monoisotopic (exact) mass is 516 g/mol. The van der Waals surface area contributed by atoms with E-state index < -0.39 is 17.9 Å². The van der Waals surface area contributed by atoms with Crippen molar-refractivity contribution < 1.29 is 23.5 Å². The minimum Gasteiger partial charge on any atom is -0.494 e. The number of ether oxygens (including phenoxy) is 2. The summed E-state index contributed by atoms with van der Waals surface area (Å²) >= 11 is 1.03. The SMILES string of the molecule is C=CCOC(=O)c1sc(N2C(=O)c3oc4ccccc4c(=O)c3[C@@H]2c2ccc(OCCC)cc2)nc1C. The van der Waals surface area contributed by atoms with E-state index in [9.17, 15) is 14.4 Å². The van der Waals surface area contributed by atoms with Crippen LogP contribution in [0.4, 0.5) is 5.13 Å². The third kappa shape index (κ3) is 4.31. The number of amides is 1. The van der Waals surface area contributed by atoms with E-state index in [0.717, 1.165) is 17.8 Å². The number of aromatic nitrogens is 1. The summed E-state index contributed by atoms with van der Waals surface area (Å²) in [7, 11) is 0. The molecule has 8 nitrogen and oxygen atoms in total. The van der Waals surface area contributed by atoms with E-state index in [2.05, 4.69) is 11.6 Å². The van der Waals surface area contributed by atoms with E-state index in [1.165, 1.54) is 11.0 Å². The molecule has 188 valence electrons. The van der Waals surface area contributed by atoms with E-state index >= 15 is 0 Å². The minimum atomic E-state index is -0.800. The number of benzene rings is 2. The van der Waals surface area contributed by atoms with Crippen LogP contribution in [0.3, 0.4) is 0 Å². The van der Waals surface area contributed by atoms with Gasteiger partial charge in [-0.25, -0.2) is 9.78 Å². The van der Waals surface area contributed by atoms with Crippen LogP contribution in [0.1, 0.15) is 56.4 Å². The Morgan fingerprint density at radius 2 is 1.95 bits per heavy atom. The maximum absolute atomic E-state index is 13.8. The first-order chi connectivity index (χ1) is 17.9. The van der Waals surface area contributed by atoms with Gasteiger partial charge in [-0.1, -0.05) is 55.2 Å². The van der Waals surface area contributed by atoms with Gasteiger partial charge in [0.1, 0.15) is 22.8 Å². The summed E-state index contributed by atoms with van der Waals surface area (Å²) in [6.45, 7) is 7.88. The summed E-state index contributed by atoms with van der Waals surface area (Å²) in [5.41, 5.74) is 1.37. The van der Waals surface area contributed by atoms with Gasteiger partial charge in [-0.15, -0.1) is 0 Å². The van der Waals surface area contributed by atoms with Gasteiger partial charge in [0, 0.05) is 0 Å². The number of anilines is 1. The molecule has 0 fully saturated rings. The molecule has 1 aliphatic rings. The van der Waals surface area contributed by atoms with Gasteiger partial charge >= 0.3 is 5.97 Å². The molecule has 0 bridgehead atoms. The summed E-state index contributed by atoms with van der Waals surface area (Å²) in [4.78, 5) is 46.2. The number of carbonyl (C=O) groups is 2. The number of esters is 1. The van der Waals surface area contributed by atoms with Crippen molar-refractivity contribution in [2.24, 2.45) is 0 Å². The van der Waals surface area contributed by atoms with Crippen molar-refractivity contribution in [3.8, 4) is 5.75 Å². The van der Waals surface area contributed by atoms with Crippen LogP contribution in [0.2, 0.25) is 0 Å². The lowest BCUT2D eigenvalue weighted by atomic mass is 9.98. The van der Waals surface area contributed by atoms with E-state index in [-0.39, 0.29) is 33.4 Å². The normalized spacial score (nSPS) is 14.6. The van der Waals surface area contributed by atoms with Gasteiger partial charge in [-0.2, -0.15) is 0 Å². The molecule has 0 spiro atoms. The molecule has 0 aliphatic carbocycles. The average molecular weight is 517 g/mol. The number of rotatable bonds is 8. The molecular weight excluding hydrogens is 492 g/mol. The van der Waals surface area contributed by atoms with Crippen LogP contribution in [-0.2, 0) is 4.74 Å². The first-order valence-corrected chi connectivity index (χ1v) is 12.6. The van der Waals surface area contributed by atoms with Crippen LogP contribution >= 0.6 is 11.3 Å². The number of carbonyl (C=O) groups excluding carboxylic acids is 2. The molecule has 4 aromatic rings. The highest BCUT2D eigenvalue weighted by atomic mass is 32.1. The van der Waals surface area contributed by atoms with Crippen LogP contribution in [0, 0.1) is 6.92 Å². The Labute approximate surface area is 216 Å². The van der Waals surface area contributed by atoms with Gasteiger partial charge < -0.3 is 13.9 Å². The molecule has 2 aromatic carbocycles. The van der Waals surface area contributed by atoms with Crippen molar-refractivity contribution in [1.29, 1.82) is 0 Å². The van der Waals surface area contributed by atoms with Crippen molar-refractivity contribution in [3.05, 3.63) is 98.9 Å². The molecule has 0 radical (unpaired) electrons. The summed E-state index contributed by atoms with van der Waals surface area (Å²) in [5, 5.41) is 0.645. The molecule has 37 heavy (non-hydrogen) atoms. The third-order valence-corrected chi connectivity index (χ3v) is 7.09. The molecule has 2 aromatic heterocycles. The van der Waals surface area contributed by atoms with Gasteiger partial charge in [0.25, 0.3) is 5.91 Å². The van der Waals surface area contributed by atoms with E-state index in [1.54, 1.807) is 43.3 Å². The van der Waals surface area contributed by atoms with Crippen LogP contribution < -0.4 is 15.1 Å². The Bertz CT molecular complexity index is 1570. The Kier molecular flexibility index (Phi) is 6.62. The maximum Gasteiger partial charge on any atom is 0.350 e. The van der Waals surface area contributed by atoms with Crippen molar-refractivity contribution >= 4 is 39.3 Å². The lowest BCUT2D eigenvalue weighted by molar-refractivity contribution is 0.0554. The molecule has 1 aliphatic heterocycles. The summed E-state index contributed by atoms with van der Waals surface area (Å²) in [6, 6.07) is 13.3. The van der Waals surface area contributed by atoms with E-state index in [4.69, 9.17) is 13.9 Å². The minimum absolute atomic E-state index is 0.0383. The fourth-order valence-corrected chi connectivity index (χ4v) is 5.26. The van der Waals surface area contributed by atoms with Gasteiger partial charge in [-0.05, 0) is 43.2 Å². The Morgan fingerprint density at radius 3 is 2.68 bits per heavy atom. The Hall–Kier alpha value is -4.24. The standard InChI is InChI=1S/C28H24N2O6S/c1-4-14-34-18-12-10-17(11-13-18)22-21-23(31)19-8-6-7-9-20(19)36-24(21)26(32)30(22)28-29-16(3)25(37-28)27(33)35-15-5-2/h5-13,22H,2,4,14-15H2,1,3H3/t22-/m0/s1. The number of hydrogen-bond donors (Lipinski definition) is 0. The molecule has 0 N–H and O–H groups in total. The molecule has 1 amide bonds. The first-order valence-electron chi connectivity index (χ1n) is 11.8. The Balaban J connectivity index is 1.66. The molecule has 5 rings (SSSR count). The second kappa shape index (κ2) is 10.0. The fourth-order valence-electron chi connectivity index (χ4n) is 4.27. The van der Waals surface area contributed by atoms with Gasteiger partial charge in [0.2, 0.25) is 5.76 Å². The van der Waals surface area contributed by atoms with Crippen LogP contribution in [-0.4, -0.2) is 30.1 Å². The Morgan fingerprint density at radius 1 is 1.19 bits per heavy atom. The lowest BCUT2D eigenvalue weighted by Gasteiger charge is -2.22. The quantitative estimate of drug-likeness (QED) is 0.227. The fraction of sp³-hybridized carbons (Fsp3) is 0.214. The molecule has 3 heterocycles. The summed E-state index contributed by atoms with van der Waals surface area (Å²) in [6.07, 6.45) is 2.34. The number of fused-ring (bicyclic) bond motifs is 2. The number of aryl methyl sites for hydroxylation is 1. The number of nitrogens with zero attached hydrogens (tertiary/aromatic N) is 2. The highest BCUT2D eigenvalue weighted by Crippen LogP contribution is 2.43. The van der Waals surface area contributed by atoms with Crippen molar-refractivity contribution in [3.63, 3.8) is 0 Å². The number of para-hydroxylation sites is 1. The zero-order valence-corrected chi connectivity index (χ0v) is 21.2. The van der Waals surface area contributed by atoms with Gasteiger partial charge in [0.15, 0.2) is 10.6 Å². The second-order valence-electron chi connectivity index (χ2n) is 8.46. The molecule has 1 atom stereocenters. The van der Waals surface area contributed by atoms with Gasteiger partial charge in [0.05, 0.1) is 29.3 Å². The smallest absolute Gasteiger partial charge is 0.350 e. The zero-order valence-electron chi connectivity index (χ0n) is 20.4. The van der Waals surface area contributed by atoms with Crippen molar-refractivity contribution in [2.75, 3.05) is 18.1 Å². The van der Waals surface area contributed by atoms with Crippen molar-refractivity contribution in [1.82, 2.24) is 4.98 Å². The molecule has 0 saturated carbocycles. The lowest BCUT2D eigenvalue weighted by Crippen LogP contribution is -2.29. The second-order valence-corrected chi connectivity index (χ2v) is 9.44. The largest absolute Gasteiger partial charge is 0.494 e. The molecule has 9 heteroatoms. The van der Waals surface area contributed by atoms with Crippen LogP contribution in [0.5, 0.6) is 5.75 Å². The first kappa shape index (κ1) is 24.5.